The van der Waals surface area contributed by atoms with Gasteiger partial charge in [-0.3, -0.25) is 24.1 Å². The van der Waals surface area contributed by atoms with E-state index in [1.54, 1.807) is 32.9 Å². The third-order valence-electron chi connectivity index (χ3n) is 9.80. The third-order valence-corrected chi connectivity index (χ3v) is 9.80. The zero-order valence-electron chi connectivity index (χ0n) is 26.5. The van der Waals surface area contributed by atoms with Crippen LogP contribution >= 0.6 is 0 Å². The topological polar surface area (TPSA) is 131 Å². The van der Waals surface area contributed by atoms with Crippen LogP contribution in [-0.4, -0.2) is 68.9 Å². The second-order valence-electron chi connectivity index (χ2n) is 14.3. The van der Waals surface area contributed by atoms with Crippen LogP contribution in [0.3, 0.4) is 0 Å². The standard InChI is InChI=1S/C34H45FN2O8/c1-33(2,3)45-29(39)14-21-10-7-5-4-6-8-12-23-16-34(23,31(41)42)17-28(38)27-15-24(19-37(27)30(21)40)44-32(43)36-18-22-11-9-13-26(35)25(22)20-36/h9,11,13,21,23-24,27H,4-8,10,12,14-20H2,1-3H3,(H,41,42)/t21-,23-,24-,27+,34-/m1/s1. The van der Waals surface area contributed by atoms with Gasteiger partial charge in [0, 0.05) is 30.9 Å². The molecule has 1 aliphatic carbocycles. The molecular formula is C34H45FN2O8. The Balaban J connectivity index is 1.36. The van der Waals surface area contributed by atoms with Gasteiger partial charge < -0.3 is 19.5 Å². The first-order valence-corrected chi connectivity index (χ1v) is 16.3. The summed E-state index contributed by atoms with van der Waals surface area (Å²) >= 11 is 0. The third kappa shape index (κ3) is 7.49. The average molecular weight is 629 g/mol. The molecule has 3 aliphatic heterocycles. The molecule has 0 spiro atoms. The zero-order chi connectivity index (χ0) is 32.5. The number of hydrogen-bond acceptors (Lipinski definition) is 7. The number of carbonyl (C=O) groups is 5. The molecule has 0 radical (unpaired) electrons. The summed E-state index contributed by atoms with van der Waals surface area (Å²) in [4.78, 5) is 69.3. The maximum absolute atomic E-state index is 14.3. The fourth-order valence-corrected chi connectivity index (χ4v) is 7.34. The lowest BCUT2D eigenvalue weighted by atomic mass is 9.90. The van der Waals surface area contributed by atoms with E-state index in [4.69, 9.17) is 9.47 Å². The van der Waals surface area contributed by atoms with E-state index in [1.807, 2.05) is 0 Å². The minimum Gasteiger partial charge on any atom is -0.481 e. The van der Waals surface area contributed by atoms with Gasteiger partial charge in [0.1, 0.15) is 17.5 Å². The number of carboxylic acids is 1. The maximum Gasteiger partial charge on any atom is 0.410 e. The number of carboxylic acid groups (broad SMARTS) is 1. The minimum absolute atomic E-state index is 0.0327. The number of ether oxygens (including phenoxy) is 2. The van der Waals surface area contributed by atoms with Gasteiger partial charge in [-0.25, -0.2) is 9.18 Å². The predicted molar refractivity (Wildman–Crippen MR) is 160 cm³/mol. The van der Waals surface area contributed by atoms with Crippen LogP contribution in [-0.2, 0) is 41.7 Å². The molecule has 3 heterocycles. The van der Waals surface area contributed by atoms with Crippen molar-refractivity contribution in [3.05, 3.63) is 35.1 Å². The highest BCUT2D eigenvalue weighted by atomic mass is 19.1. The molecule has 2 saturated heterocycles. The normalized spacial score (nSPS) is 29.2. The Morgan fingerprint density at radius 2 is 1.76 bits per heavy atom. The number of amides is 2. The monoisotopic (exact) mass is 628 g/mol. The molecule has 0 unspecified atom stereocenters. The van der Waals surface area contributed by atoms with Crippen molar-refractivity contribution in [1.82, 2.24) is 9.80 Å². The Kier molecular flexibility index (Phi) is 9.56. The molecule has 246 valence electrons. The first kappa shape index (κ1) is 32.9. The highest BCUT2D eigenvalue weighted by Gasteiger charge is 2.61. The summed E-state index contributed by atoms with van der Waals surface area (Å²) in [6.45, 7) is 5.46. The minimum atomic E-state index is -1.14. The van der Waals surface area contributed by atoms with Crippen LogP contribution in [0.15, 0.2) is 18.2 Å². The second-order valence-corrected chi connectivity index (χ2v) is 14.3. The summed E-state index contributed by atoms with van der Waals surface area (Å²) in [6.07, 6.45) is 4.18. The van der Waals surface area contributed by atoms with Crippen LogP contribution in [0.1, 0.15) is 103 Å². The number of carbonyl (C=O) groups excluding carboxylic acids is 4. The molecule has 2 amide bonds. The number of aliphatic carboxylic acids is 1. The smallest absolute Gasteiger partial charge is 0.410 e. The number of Topliss-reactive ketones (excluding diaryl/α,β-unsaturated/α-hetero) is 1. The number of fused-ring (bicyclic) bond motifs is 3. The number of esters is 1. The van der Waals surface area contributed by atoms with Crippen LogP contribution in [0.4, 0.5) is 9.18 Å². The highest BCUT2D eigenvalue weighted by Crippen LogP contribution is 2.58. The van der Waals surface area contributed by atoms with Gasteiger partial charge in [0.25, 0.3) is 0 Å². The van der Waals surface area contributed by atoms with Crippen LogP contribution < -0.4 is 0 Å². The van der Waals surface area contributed by atoms with Gasteiger partial charge in [0.2, 0.25) is 5.91 Å². The molecular weight excluding hydrogens is 583 g/mol. The lowest BCUT2D eigenvalue weighted by molar-refractivity contribution is -0.159. The fraction of sp³-hybridized carbons (Fsp3) is 0.676. The van der Waals surface area contributed by atoms with E-state index in [-0.39, 0.29) is 56.5 Å². The lowest BCUT2D eigenvalue weighted by Gasteiger charge is -2.29. The summed E-state index contributed by atoms with van der Waals surface area (Å²) in [5, 5.41) is 10.1. The molecule has 1 aromatic rings. The highest BCUT2D eigenvalue weighted by molar-refractivity contribution is 5.95. The van der Waals surface area contributed by atoms with Gasteiger partial charge in [0.05, 0.1) is 31.0 Å². The van der Waals surface area contributed by atoms with Crippen molar-refractivity contribution in [2.24, 2.45) is 17.3 Å². The van der Waals surface area contributed by atoms with Crippen molar-refractivity contribution in [3.8, 4) is 0 Å². The Hall–Kier alpha value is -3.50. The molecule has 0 aromatic heterocycles. The Bertz CT molecular complexity index is 1340. The van der Waals surface area contributed by atoms with Gasteiger partial charge in [0.15, 0.2) is 5.78 Å². The van der Waals surface area contributed by atoms with E-state index in [0.29, 0.717) is 24.0 Å². The fourth-order valence-electron chi connectivity index (χ4n) is 7.34. The van der Waals surface area contributed by atoms with E-state index < -0.39 is 52.9 Å². The molecule has 0 bridgehead atoms. The van der Waals surface area contributed by atoms with E-state index in [9.17, 15) is 33.5 Å². The van der Waals surface area contributed by atoms with Crippen molar-refractivity contribution in [1.29, 1.82) is 0 Å². The first-order valence-electron chi connectivity index (χ1n) is 16.3. The maximum atomic E-state index is 14.3. The number of rotatable bonds is 4. The molecule has 45 heavy (non-hydrogen) atoms. The summed E-state index contributed by atoms with van der Waals surface area (Å²) in [5.41, 5.74) is -0.737. The van der Waals surface area contributed by atoms with Crippen LogP contribution in [0.5, 0.6) is 0 Å². The Morgan fingerprint density at radius 3 is 2.44 bits per heavy atom. The largest absolute Gasteiger partial charge is 0.481 e. The molecule has 1 saturated carbocycles. The Morgan fingerprint density at radius 1 is 1.04 bits per heavy atom. The van der Waals surface area contributed by atoms with E-state index in [0.717, 1.165) is 38.5 Å². The molecule has 1 N–H and O–H groups in total. The zero-order valence-corrected chi connectivity index (χ0v) is 26.5. The lowest BCUT2D eigenvalue weighted by Crippen LogP contribution is -2.45. The Labute approximate surface area is 263 Å². The quantitative estimate of drug-likeness (QED) is 0.440. The van der Waals surface area contributed by atoms with Gasteiger partial charge in [-0.15, -0.1) is 0 Å². The van der Waals surface area contributed by atoms with Gasteiger partial charge in [-0.1, -0.05) is 44.2 Å². The molecule has 10 nitrogen and oxygen atoms in total. The molecule has 5 atom stereocenters. The number of nitrogens with zero attached hydrogens (tertiary/aromatic N) is 2. The first-order chi connectivity index (χ1) is 21.3. The van der Waals surface area contributed by atoms with Crippen LogP contribution in [0.25, 0.3) is 0 Å². The summed E-state index contributed by atoms with van der Waals surface area (Å²) in [6, 6.07) is 3.70. The molecule has 4 aliphatic rings. The van der Waals surface area contributed by atoms with Gasteiger partial charge in [-0.05, 0) is 57.6 Å². The molecule has 5 rings (SSSR count). The number of halogens is 1. The van der Waals surface area contributed by atoms with Gasteiger partial charge >= 0.3 is 18.0 Å². The van der Waals surface area contributed by atoms with Crippen molar-refractivity contribution in [2.45, 2.75) is 122 Å². The van der Waals surface area contributed by atoms with E-state index >= 15 is 0 Å². The van der Waals surface area contributed by atoms with E-state index in [1.165, 1.54) is 15.9 Å². The summed E-state index contributed by atoms with van der Waals surface area (Å²) < 4.78 is 25.6. The number of ketones is 1. The molecule has 11 heteroatoms. The summed E-state index contributed by atoms with van der Waals surface area (Å²) in [7, 11) is 0. The predicted octanol–water partition coefficient (Wildman–Crippen LogP) is 5.39. The van der Waals surface area contributed by atoms with Crippen molar-refractivity contribution >= 4 is 29.7 Å². The van der Waals surface area contributed by atoms with Crippen LogP contribution in [0.2, 0.25) is 0 Å². The van der Waals surface area contributed by atoms with Crippen LogP contribution in [0, 0.1) is 23.1 Å². The number of benzene rings is 1. The summed E-state index contributed by atoms with van der Waals surface area (Å²) in [5.74, 6) is -3.46. The SMILES string of the molecule is CC(C)(C)OC(=O)C[C@H]1CCCCCCC[C@@H]2C[C@@]2(C(=O)O)CC(=O)[C@@H]2C[C@@H](OC(=O)N3Cc4cccc(F)c4C3)CN2C1=O. The second kappa shape index (κ2) is 13.1. The number of hydrogen-bond donors (Lipinski definition) is 1. The van der Waals surface area contributed by atoms with Gasteiger partial charge in [-0.2, -0.15) is 0 Å². The average Bonchev–Trinajstić information content (AvgIpc) is 3.27. The van der Waals surface area contributed by atoms with E-state index in [2.05, 4.69) is 0 Å². The van der Waals surface area contributed by atoms with Crippen molar-refractivity contribution in [3.63, 3.8) is 0 Å². The molecule has 1 aromatic carbocycles. The van der Waals surface area contributed by atoms with Crippen molar-refractivity contribution in [2.75, 3.05) is 6.54 Å². The molecule has 3 fully saturated rings. The van der Waals surface area contributed by atoms with Crippen molar-refractivity contribution < 1.29 is 42.9 Å².